The van der Waals surface area contributed by atoms with Crippen LogP contribution in [0.1, 0.15) is 18.0 Å². The number of likely N-dealkylation sites (N-methyl/N-ethyl adjacent to an activating group) is 2. The maximum atomic E-state index is 13.7. The van der Waals surface area contributed by atoms with E-state index in [2.05, 4.69) is 23.9 Å². The van der Waals surface area contributed by atoms with E-state index in [0.717, 1.165) is 26.1 Å². The topological polar surface area (TPSA) is 32.5 Å². The summed E-state index contributed by atoms with van der Waals surface area (Å²) >= 11 is 0. The van der Waals surface area contributed by atoms with Gasteiger partial charge in [-0.3, -0.25) is 0 Å². The Labute approximate surface area is 108 Å². The van der Waals surface area contributed by atoms with E-state index < -0.39 is 0 Å². The van der Waals surface area contributed by atoms with Crippen molar-refractivity contribution in [2.45, 2.75) is 18.5 Å². The molecule has 0 radical (unpaired) electrons. The van der Waals surface area contributed by atoms with Crippen LogP contribution in [0.4, 0.5) is 4.39 Å². The van der Waals surface area contributed by atoms with Gasteiger partial charge in [0.25, 0.3) is 0 Å². The first-order valence-electron chi connectivity index (χ1n) is 6.46. The molecule has 1 aliphatic rings. The number of nitrogens with two attached hydrogens (primary N) is 1. The summed E-state index contributed by atoms with van der Waals surface area (Å²) < 4.78 is 13.7. The van der Waals surface area contributed by atoms with Gasteiger partial charge >= 0.3 is 0 Å². The molecule has 0 amide bonds. The van der Waals surface area contributed by atoms with E-state index in [1.165, 1.54) is 6.07 Å². The Morgan fingerprint density at radius 3 is 2.78 bits per heavy atom. The second-order valence-corrected chi connectivity index (χ2v) is 5.26. The van der Waals surface area contributed by atoms with Crippen molar-refractivity contribution in [3.63, 3.8) is 0 Å². The van der Waals surface area contributed by atoms with Crippen LogP contribution in [0.3, 0.4) is 0 Å². The molecule has 1 aromatic carbocycles. The lowest BCUT2D eigenvalue weighted by atomic mass is 9.97. The molecular formula is C14H22FN3. The van der Waals surface area contributed by atoms with Crippen LogP contribution in [0.5, 0.6) is 0 Å². The average Bonchev–Trinajstić information content (AvgIpc) is 2.34. The number of piperazine rings is 1. The number of benzene rings is 1. The van der Waals surface area contributed by atoms with Crippen LogP contribution in [0.25, 0.3) is 0 Å². The van der Waals surface area contributed by atoms with E-state index in [9.17, 15) is 4.39 Å². The van der Waals surface area contributed by atoms with Crippen molar-refractivity contribution in [1.82, 2.24) is 9.80 Å². The van der Waals surface area contributed by atoms with Crippen LogP contribution in [-0.4, -0.2) is 49.6 Å². The molecule has 1 heterocycles. The number of hydrogen-bond donors (Lipinski definition) is 1. The highest BCUT2D eigenvalue weighted by molar-refractivity contribution is 5.21. The Balaban J connectivity index is 2.02. The molecule has 0 bridgehead atoms. The predicted molar refractivity (Wildman–Crippen MR) is 71.9 cm³/mol. The summed E-state index contributed by atoms with van der Waals surface area (Å²) in [6.45, 7) is 3.13. The standard InChI is InChI=1S/C14H22FN3/c1-17-7-8-18(2)11(10-17)9-14(16)12-5-3-4-6-13(12)15/h3-6,11,14H,7-10,16H2,1-2H3. The van der Waals surface area contributed by atoms with Gasteiger partial charge in [-0.1, -0.05) is 18.2 Å². The molecule has 1 aromatic rings. The third-order valence-corrected chi connectivity index (χ3v) is 3.81. The van der Waals surface area contributed by atoms with Gasteiger partial charge in [0.05, 0.1) is 0 Å². The molecule has 2 rings (SSSR count). The molecule has 0 saturated carbocycles. The number of nitrogens with zero attached hydrogens (tertiary/aromatic N) is 2. The van der Waals surface area contributed by atoms with Crippen LogP contribution in [0.15, 0.2) is 24.3 Å². The molecule has 0 aliphatic carbocycles. The van der Waals surface area contributed by atoms with Crippen molar-refractivity contribution in [2.24, 2.45) is 5.73 Å². The summed E-state index contributed by atoms with van der Waals surface area (Å²) in [4.78, 5) is 4.62. The zero-order valence-corrected chi connectivity index (χ0v) is 11.1. The average molecular weight is 251 g/mol. The summed E-state index contributed by atoms with van der Waals surface area (Å²) in [5.41, 5.74) is 6.77. The van der Waals surface area contributed by atoms with Crippen molar-refractivity contribution in [3.05, 3.63) is 35.6 Å². The third kappa shape index (κ3) is 3.07. The van der Waals surface area contributed by atoms with Gasteiger partial charge in [0.15, 0.2) is 0 Å². The molecule has 0 aromatic heterocycles. The zero-order valence-electron chi connectivity index (χ0n) is 11.1. The Morgan fingerprint density at radius 1 is 1.33 bits per heavy atom. The van der Waals surface area contributed by atoms with Crippen molar-refractivity contribution < 1.29 is 4.39 Å². The fraction of sp³-hybridized carbons (Fsp3) is 0.571. The molecule has 2 unspecified atom stereocenters. The van der Waals surface area contributed by atoms with Gasteiger partial charge < -0.3 is 15.5 Å². The van der Waals surface area contributed by atoms with Crippen molar-refractivity contribution >= 4 is 0 Å². The number of hydrogen-bond acceptors (Lipinski definition) is 3. The Bertz CT molecular complexity index is 396. The Kier molecular flexibility index (Phi) is 4.32. The number of halogens is 1. The van der Waals surface area contributed by atoms with E-state index in [4.69, 9.17) is 5.73 Å². The lowest BCUT2D eigenvalue weighted by Gasteiger charge is -2.38. The molecule has 1 saturated heterocycles. The van der Waals surface area contributed by atoms with E-state index in [-0.39, 0.29) is 11.9 Å². The van der Waals surface area contributed by atoms with Crippen molar-refractivity contribution in [2.75, 3.05) is 33.7 Å². The first-order valence-corrected chi connectivity index (χ1v) is 6.46. The molecule has 100 valence electrons. The van der Waals surface area contributed by atoms with Gasteiger partial charge in [-0.15, -0.1) is 0 Å². The molecule has 0 spiro atoms. The van der Waals surface area contributed by atoms with Gasteiger partial charge in [0.2, 0.25) is 0 Å². The first kappa shape index (κ1) is 13.5. The van der Waals surface area contributed by atoms with Gasteiger partial charge in [0, 0.05) is 37.3 Å². The maximum Gasteiger partial charge on any atom is 0.127 e. The zero-order chi connectivity index (χ0) is 13.1. The van der Waals surface area contributed by atoms with E-state index >= 15 is 0 Å². The molecule has 4 heteroatoms. The van der Waals surface area contributed by atoms with E-state index in [1.54, 1.807) is 12.1 Å². The second kappa shape index (κ2) is 5.78. The normalized spacial score (nSPS) is 24.1. The second-order valence-electron chi connectivity index (χ2n) is 5.26. The van der Waals surface area contributed by atoms with Gasteiger partial charge in [-0.25, -0.2) is 4.39 Å². The van der Waals surface area contributed by atoms with Crippen LogP contribution in [-0.2, 0) is 0 Å². The summed E-state index contributed by atoms with van der Waals surface area (Å²) in [5.74, 6) is -0.197. The summed E-state index contributed by atoms with van der Waals surface area (Å²) in [6.07, 6.45) is 0.793. The largest absolute Gasteiger partial charge is 0.324 e. The molecule has 18 heavy (non-hydrogen) atoms. The van der Waals surface area contributed by atoms with Crippen LogP contribution < -0.4 is 5.73 Å². The fourth-order valence-corrected chi connectivity index (χ4v) is 2.55. The van der Waals surface area contributed by atoms with Crippen molar-refractivity contribution in [1.29, 1.82) is 0 Å². The minimum atomic E-state index is -0.231. The Hall–Kier alpha value is -0.970. The highest BCUT2D eigenvalue weighted by atomic mass is 19.1. The fourth-order valence-electron chi connectivity index (χ4n) is 2.55. The highest BCUT2D eigenvalue weighted by Gasteiger charge is 2.25. The predicted octanol–water partition coefficient (Wildman–Crippen LogP) is 1.46. The van der Waals surface area contributed by atoms with Crippen LogP contribution >= 0.6 is 0 Å². The van der Waals surface area contributed by atoms with E-state index in [0.29, 0.717) is 11.6 Å². The third-order valence-electron chi connectivity index (χ3n) is 3.81. The highest BCUT2D eigenvalue weighted by Crippen LogP contribution is 2.22. The van der Waals surface area contributed by atoms with Gasteiger partial charge in [-0.05, 0) is 26.6 Å². The SMILES string of the molecule is CN1CCN(C)C(CC(N)c2ccccc2F)C1. The van der Waals surface area contributed by atoms with Crippen LogP contribution in [0.2, 0.25) is 0 Å². The monoisotopic (exact) mass is 251 g/mol. The molecular weight excluding hydrogens is 229 g/mol. The lowest BCUT2D eigenvalue weighted by Crippen LogP contribution is -2.50. The van der Waals surface area contributed by atoms with E-state index in [1.807, 2.05) is 6.07 Å². The minimum Gasteiger partial charge on any atom is -0.324 e. The quantitative estimate of drug-likeness (QED) is 0.883. The molecule has 2 atom stereocenters. The molecule has 1 aliphatic heterocycles. The molecule has 1 fully saturated rings. The first-order chi connectivity index (χ1) is 8.58. The van der Waals surface area contributed by atoms with Gasteiger partial charge in [-0.2, -0.15) is 0 Å². The Morgan fingerprint density at radius 2 is 2.06 bits per heavy atom. The van der Waals surface area contributed by atoms with Crippen LogP contribution in [0, 0.1) is 5.82 Å². The smallest absolute Gasteiger partial charge is 0.127 e. The maximum absolute atomic E-state index is 13.7. The lowest BCUT2D eigenvalue weighted by molar-refractivity contribution is 0.104. The van der Waals surface area contributed by atoms with Crippen molar-refractivity contribution in [3.8, 4) is 0 Å². The van der Waals surface area contributed by atoms with Gasteiger partial charge in [0.1, 0.15) is 5.82 Å². The summed E-state index contributed by atoms with van der Waals surface area (Å²) in [6, 6.07) is 6.97. The number of rotatable bonds is 3. The summed E-state index contributed by atoms with van der Waals surface area (Å²) in [7, 11) is 4.24. The summed E-state index contributed by atoms with van der Waals surface area (Å²) in [5, 5.41) is 0. The minimum absolute atomic E-state index is 0.197. The molecule has 3 nitrogen and oxygen atoms in total. The molecule has 2 N–H and O–H groups in total.